The number of halogens is 3. The minimum Gasteiger partial charge on any atom is -0.356 e. The first-order valence-corrected chi connectivity index (χ1v) is 13.5. The number of anilines is 2. The molecule has 0 saturated carbocycles. The van der Waals surface area contributed by atoms with Crippen LogP contribution in [0.4, 0.5) is 24.9 Å². The molecule has 5 rings (SSSR count). The zero-order chi connectivity index (χ0) is 26.3. The summed E-state index contributed by atoms with van der Waals surface area (Å²) < 4.78 is 41.1. The fraction of sp³-hybridized carbons (Fsp3) is 0.625. The average Bonchev–Trinajstić information content (AvgIpc) is 3.58. The standard InChI is InChI=1S/C24H31F3N8OS/c1-4-5-16-10-17-19(33-8-9-35-18(13-33)31-32-22(35)24(25,26)27)29-23(30-21(17)37-16)34-7-6-15(12-34)11-28-20(36)14(2)3/h10,14-15H,4-9,11-13H2,1-3H3,(H,28,36)/t15-/m0/s1. The molecule has 0 unspecified atom stereocenters. The first-order chi connectivity index (χ1) is 17.6. The molecule has 1 N–H and O–H groups in total. The van der Waals surface area contributed by atoms with Crippen LogP contribution in [0, 0.1) is 11.8 Å². The maximum absolute atomic E-state index is 13.3. The number of alkyl halides is 3. The second kappa shape index (κ2) is 10.1. The highest BCUT2D eigenvalue weighted by atomic mass is 32.1. The van der Waals surface area contributed by atoms with Gasteiger partial charge in [-0.05, 0) is 24.8 Å². The SMILES string of the molecule is CCCc1cc2c(N3CCn4c(nnc4C(F)(F)F)C3)nc(N3CC[C@@H](CNC(=O)C(C)C)C3)nc2s1. The van der Waals surface area contributed by atoms with Gasteiger partial charge in [-0.1, -0.05) is 27.2 Å². The molecule has 1 amide bonds. The number of carbonyl (C=O) groups is 1. The van der Waals surface area contributed by atoms with Crippen molar-refractivity contribution in [3.05, 3.63) is 22.6 Å². The maximum atomic E-state index is 13.3. The Balaban J connectivity index is 1.42. The van der Waals surface area contributed by atoms with Gasteiger partial charge in [0.05, 0.1) is 11.9 Å². The topological polar surface area (TPSA) is 92.1 Å². The first kappa shape index (κ1) is 25.7. The van der Waals surface area contributed by atoms with Gasteiger partial charge in [0, 0.05) is 43.5 Å². The number of aromatic nitrogens is 5. The van der Waals surface area contributed by atoms with Crippen molar-refractivity contribution in [3.8, 4) is 0 Å². The van der Waals surface area contributed by atoms with E-state index in [1.165, 1.54) is 4.88 Å². The number of carbonyl (C=O) groups excluding carboxylic acids is 1. The van der Waals surface area contributed by atoms with E-state index in [1.807, 2.05) is 18.7 Å². The number of nitrogens with one attached hydrogen (secondary N) is 1. The van der Waals surface area contributed by atoms with Gasteiger partial charge in [-0.3, -0.25) is 4.79 Å². The van der Waals surface area contributed by atoms with Crippen molar-refractivity contribution in [2.45, 2.75) is 59.3 Å². The molecule has 1 saturated heterocycles. The van der Waals surface area contributed by atoms with Crippen molar-refractivity contribution in [3.63, 3.8) is 0 Å². The van der Waals surface area contributed by atoms with Crippen LogP contribution >= 0.6 is 11.3 Å². The molecular formula is C24H31F3N8OS. The number of fused-ring (bicyclic) bond motifs is 2. The molecule has 9 nitrogen and oxygen atoms in total. The van der Waals surface area contributed by atoms with Crippen LogP contribution in [0.25, 0.3) is 10.2 Å². The molecule has 1 fully saturated rings. The minimum absolute atomic E-state index is 0.0482. The average molecular weight is 537 g/mol. The van der Waals surface area contributed by atoms with Crippen LogP contribution in [0.5, 0.6) is 0 Å². The maximum Gasteiger partial charge on any atom is 0.451 e. The lowest BCUT2D eigenvalue weighted by Crippen LogP contribution is -2.36. The van der Waals surface area contributed by atoms with Crippen LogP contribution in [0.1, 0.15) is 50.1 Å². The van der Waals surface area contributed by atoms with Crippen LogP contribution in [0.15, 0.2) is 6.07 Å². The molecule has 1 atom stereocenters. The Hall–Kier alpha value is -2.96. The van der Waals surface area contributed by atoms with Crippen LogP contribution < -0.4 is 15.1 Å². The Morgan fingerprint density at radius 2 is 2.00 bits per heavy atom. The van der Waals surface area contributed by atoms with Gasteiger partial charge < -0.3 is 19.7 Å². The highest BCUT2D eigenvalue weighted by Gasteiger charge is 2.40. The molecule has 2 aliphatic rings. The van der Waals surface area contributed by atoms with Gasteiger partial charge in [-0.25, -0.2) is 4.98 Å². The number of thiophene rings is 1. The molecule has 5 heterocycles. The fourth-order valence-electron chi connectivity index (χ4n) is 4.88. The molecular weight excluding hydrogens is 505 g/mol. The van der Waals surface area contributed by atoms with Gasteiger partial charge in [0.1, 0.15) is 10.6 Å². The normalized spacial score (nSPS) is 18.2. The Labute approximate surface area is 217 Å². The Kier molecular flexibility index (Phi) is 6.99. The smallest absolute Gasteiger partial charge is 0.356 e. The summed E-state index contributed by atoms with van der Waals surface area (Å²) >= 11 is 1.64. The zero-order valence-corrected chi connectivity index (χ0v) is 22.0. The van der Waals surface area contributed by atoms with E-state index in [1.54, 1.807) is 11.3 Å². The molecule has 3 aromatic heterocycles. The van der Waals surface area contributed by atoms with Gasteiger partial charge in [0.25, 0.3) is 0 Å². The van der Waals surface area contributed by atoms with Gasteiger partial charge in [0.15, 0.2) is 5.82 Å². The van der Waals surface area contributed by atoms with Crippen molar-refractivity contribution in [1.82, 2.24) is 30.0 Å². The van der Waals surface area contributed by atoms with E-state index < -0.39 is 12.0 Å². The van der Waals surface area contributed by atoms with E-state index in [4.69, 9.17) is 9.97 Å². The van der Waals surface area contributed by atoms with Crippen molar-refractivity contribution in [2.75, 3.05) is 36.0 Å². The van der Waals surface area contributed by atoms with Crippen LogP contribution in [-0.2, 0) is 30.5 Å². The summed E-state index contributed by atoms with van der Waals surface area (Å²) in [5.74, 6) is 0.962. The molecule has 2 aliphatic heterocycles. The third kappa shape index (κ3) is 5.23. The van der Waals surface area contributed by atoms with Gasteiger partial charge in [-0.2, -0.15) is 18.2 Å². The molecule has 0 aliphatic carbocycles. The summed E-state index contributed by atoms with van der Waals surface area (Å²) in [6, 6.07) is 2.11. The minimum atomic E-state index is -4.54. The Morgan fingerprint density at radius 1 is 1.19 bits per heavy atom. The lowest BCUT2D eigenvalue weighted by Gasteiger charge is -2.30. The van der Waals surface area contributed by atoms with E-state index >= 15 is 0 Å². The Bertz CT molecular complexity index is 1290. The summed E-state index contributed by atoms with van der Waals surface area (Å²) in [5.41, 5.74) is 0. The van der Waals surface area contributed by atoms with E-state index in [0.29, 0.717) is 25.0 Å². The molecule has 37 heavy (non-hydrogen) atoms. The molecule has 13 heteroatoms. The summed E-state index contributed by atoms with van der Waals surface area (Å²) in [6.07, 6.45) is -1.68. The molecule has 0 radical (unpaired) electrons. The predicted octanol–water partition coefficient (Wildman–Crippen LogP) is 3.87. The third-order valence-electron chi connectivity index (χ3n) is 6.87. The number of hydrogen-bond acceptors (Lipinski definition) is 8. The lowest BCUT2D eigenvalue weighted by atomic mass is 10.1. The van der Waals surface area contributed by atoms with E-state index in [9.17, 15) is 18.0 Å². The van der Waals surface area contributed by atoms with Crippen molar-refractivity contribution in [2.24, 2.45) is 11.8 Å². The van der Waals surface area contributed by atoms with Crippen molar-refractivity contribution >= 4 is 39.2 Å². The van der Waals surface area contributed by atoms with Gasteiger partial charge >= 0.3 is 6.18 Å². The highest BCUT2D eigenvalue weighted by Crippen LogP contribution is 2.36. The number of hydrogen-bond donors (Lipinski definition) is 1. The van der Waals surface area contributed by atoms with Crippen molar-refractivity contribution in [1.29, 1.82) is 0 Å². The van der Waals surface area contributed by atoms with Crippen LogP contribution in [0.2, 0.25) is 0 Å². The molecule has 0 bridgehead atoms. The summed E-state index contributed by atoms with van der Waals surface area (Å²) in [6.45, 7) is 8.70. The summed E-state index contributed by atoms with van der Waals surface area (Å²) in [5, 5.41) is 11.2. The third-order valence-corrected chi connectivity index (χ3v) is 7.96. The molecule has 0 spiro atoms. The molecule has 0 aromatic carbocycles. The molecule has 3 aromatic rings. The fourth-order valence-corrected chi connectivity index (χ4v) is 5.99. The zero-order valence-electron chi connectivity index (χ0n) is 21.2. The second-order valence-electron chi connectivity index (χ2n) is 10.0. The predicted molar refractivity (Wildman–Crippen MR) is 136 cm³/mol. The van der Waals surface area contributed by atoms with Gasteiger partial charge in [0.2, 0.25) is 17.7 Å². The van der Waals surface area contributed by atoms with E-state index in [0.717, 1.165) is 53.0 Å². The number of rotatable bonds is 7. The monoisotopic (exact) mass is 536 g/mol. The van der Waals surface area contributed by atoms with Gasteiger partial charge in [-0.15, -0.1) is 21.5 Å². The Morgan fingerprint density at radius 3 is 2.73 bits per heavy atom. The number of amides is 1. The van der Waals surface area contributed by atoms with E-state index in [-0.39, 0.29) is 30.7 Å². The molecule has 200 valence electrons. The van der Waals surface area contributed by atoms with E-state index in [2.05, 4.69) is 33.4 Å². The summed E-state index contributed by atoms with van der Waals surface area (Å²) in [7, 11) is 0. The van der Waals surface area contributed by atoms with Crippen molar-refractivity contribution < 1.29 is 18.0 Å². The number of aryl methyl sites for hydroxylation is 1. The second-order valence-corrected chi connectivity index (χ2v) is 11.2. The van der Waals surface area contributed by atoms with Crippen LogP contribution in [-0.4, -0.2) is 56.8 Å². The quantitative estimate of drug-likeness (QED) is 0.490. The first-order valence-electron chi connectivity index (χ1n) is 12.7. The largest absolute Gasteiger partial charge is 0.451 e. The summed E-state index contributed by atoms with van der Waals surface area (Å²) in [4.78, 5) is 28.0. The lowest BCUT2D eigenvalue weighted by molar-refractivity contribution is -0.147. The van der Waals surface area contributed by atoms with Crippen LogP contribution in [0.3, 0.4) is 0 Å². The highest BCUT2D eigenvalue weighted by molar-refractivity contribution is 7.18. The number of nitrogens with zero attached hydrogens (tertiary/aromatic N) is 7.